The third-order valence-electron chi connectivity index (χ3n) is 2.85. The average Bonchev–Trinajstić information content (AvgIpc) is 2.42. The zero-order valence-corrected chi connectivity index (χ0v) is 13.4. The summed E-state index contributed by atoms with van der Waals surface area (Å²) in [6, 6.07) is 0. The van der Waals surface area contributed by atoms with Crippen molar-refractivity contribution in [3.63, 3.8) is 0 Å². The van der Waals surface area contributed by atoms with E-state index in [0.29, 0.717) is 0 Å². The summed E-state index contributed by atoms with van der Waals surface area (Å²) in [6.45, 7) is 0. The minimum absolute atomic E-state index is 1.74. The maximum atomic E-state index is 13.3. The SMILES string of the molecule is O=S(=O)(OC(O)(O)C(F)(F)C(F)(F)C(F)(F)C(F)(F)C(F)(F)C(F)(F)F)C(F)(F)F. The third-order valence-corrected chi connectivity index (χ3v) is 3.87. The molecule has 0 heterocycles. The predicted molar refractivity (Wildman–Crippen MR) is 54.0 cm³/mol. The van der Waals surface area contributed by atoms with Crippen LogP contribution in [0.1, 0.15) is 0 Å². The predicted octanol–water partition coefficient (Wildman–Crippen LogP) is 3.23. The van der Waals surface area contributed by atoms with Crippen LogP contribution in [0.15, 0.2) is 0 Å². The molecular formula is C8H2F16O5S. The van der Waals surface area contributed by atoms with Crippen LogP contribution in [0.3, 0.4) is 0 Å². The van der Waals surface area contributed by atoms with Gasteiger partial charge in [0.2, 0.25) is 0 Å². The maximum Gasteiger partial charge on any atom is 0.523 e. The molecule has 0 unspecified atom stereocenters. The second kappa shape index (κ2) is 6.85. The van der Waals surface area contributed by atoms with Crippen LogP contribution in [0.4, 0.5) is 70.2 Å². The third kappa shape index (κ3) is 3.85. The largest absolute Gasteiger partial charge is 0.523 e. The van der Waals surface area contributed by atoms with E-state index in [1.54, 1.807) is 4.18 Å². The van der Waals surface area contributed by atoms with Crippen LogP contribution in [0.2, 0.25) is 0 Å². The number of halogens is 16. The van der Waals surface area contributed by atoms with Crippen molar-refractivity contribution in [3.8, 4) is 0 Å². The summed E-state index contributed by atoms with van der Waals surface area (Å²) in [5.74, 6) is -49.0. The summed E-state index contributed by atoms with van der Waals surface area (Å²) in [4.78, 5) is 0. The smallest absolute Gasteiger partial charge is 0.338 e. The van der Waals surface area contributed by atoms with E-state index in [2.05, 4.69) is 0 Å². The quantitative estimate of drug-likeness (QED) is 0.236. The van der Waals surface area contributed by atoms with E-state index in [1.807, 2.05) is 0 Å². The molecule has 0 saturated carbocycles. The van der Waals surface area contributed by atoms with Gasteiger partial charge in [-0.15, -0.1) is 0 Å². The molecule has 5 nitrogen and oxygen atoms in total. The van der Waals surface area contributed by atoms with Crippen molar-refractivity contribution in [1.29, 1.82) is 0 Å². The molecule has 0 atom stereocenters. The highest BCUT2D eigenvalue weighted by Crippen LogP contribution is 2.61. The van der Waals surface area contributed by atoms with Gasteiger partial charge in [-0.1, -0.05) is 0 Å². The van der Waals surface area contributed by atoms with E-state index in [9.17, 15) is 78.7 Å². The fourth-order valence-electron chi connectivity index (χ4n) is 1.23. The molecule has 0 aliphatic carbocycles. The summed E-state index contributed by atoms with van der Waals surface area (Å²) in [5.41, 5.74) is -6.97. The average molecular weight is 514 g/mol. The van der Waals surface area contributed by atoms with Gasteiger partial charge in [0.1, 0.15) is 0 Å². The number of rotatable bonds is 7. The van der Waals surface area contributed by atoms with Crippen LogP contribution < -0.4 is 0 Å². The van der Waals surface area contributed by atoms with Crippen molar-refractivity contribution < 1.29 is 93.1 Å². The van der Waals surface area contributed by atoms with Gasteiger partial charge in [-0.05, 0) is 0 Å². The highest BCUT2D eigenvalue weighted by molar-refractivity contribution is 7.87. The highest BCUT2D eigenvalue weighted by atomic mass is 32.2. The van der Waals surface area contributed by atoms with Crippen molar-refractivity contribution in [2.75, 3.05) is 0 Å². The molecule has 0 spiro atoms. The van der Waals surface area contributed by atoms with Gasteiger partial charge in [-0.3, -0.25) is 0 Å². The summed E-state index contributed by atoms with van der Waals surface area (Å²) in [7, 11) is -7.81. The first-order valence-corrected chi connectivity index (χ1v) is 7.29. The summed E-state index contributed by atoms with van der Waals surface area (Å²) in [5, 5.41) is 16.6. The normalized spacial score (nSPS) is 16.7. The number of aliphatic hydroxyl groups is 2. The van der Waals surface area contributed by atoms with Crippen LogP contribution in [-0.2, 0) is 14.3 Å². The Morgan fingerprint density at radius 3 is 1.03 bits per heavy atom. The second-order valence-electron chi connectivity index (χ2n) is 4.96. The van der Waals surface area contributed by atoms with Crippen molar-refractivity contribution in [2.45, 2.75) is 47.3 Å². The maximum absolute atomic E-state index is 13.3. The molecule has 0 radical (unpaired) electrons. The Bertz CT molecular complexity index is 747. The molecule has 0 amide bonds. The van der Waals surface area contributed by atoms with Crippen molar-refractivity contribution in [2.24, 2.45) is 0 Å². The van der Waals surface area contributed by atoms with Crippen LogP contribution in [-0.4, -0.2) is 65.9 Å². The Labute approximate surface area is 151 Å². The molecule has 0 saturated heterocycles. The Morgan fingerprint density at radius 2 is 0.767 bits per heavy atom. The van der Waals surface area contributed by atoms with E-state index >= 15 is 0 Å². The van der Waals surface area contributed by atoms with E-state index in [1.165, 1.54) is 0 Å². The number of hydrogen-bond acceptors (Lipinski definition) is 5. The fraction of sp³-hybridized carbons (Fsp3) is 1.00. The molecule has 0 aromatic carbocycles. The summed E-state index contributed by atoms with van der Waals surface area (Å²) in [6.07, 6.45) is -7.81. The molecular weight excluding hydrogens is 512 g/mol. The molecule has 182 valence electrons. The number of alkyl halides is 16. The Balaban J connectivity index is 6.63. The topological polar surface area (TPSA) is 83.8 Å². The minimum Gasteiger partial charge on any atom is -0.338 e. The summed E-state index contributed by atoms with van der Waals surface area (Å²) >= 11 is 0. The van der Waals surface area contributed by atoms with Gasteiger partial charge in [0.05, 0.1) is 0 Å². The van der Waals surface area contributed by atoms with Crippen LogP contribution in [0, 0.1) is 0 Å². The Kier molecular flexibility index (Phi) is 6.56. The molecule has 0 fully saturated rings. The molecule has 0 rings (SSSR count). The highest BCUT2D eigenvalue weighted by Gasteiger charge is 2.93. The lowest BCUT2D eigenvalue weighted by Crippen LogP contribution is -2.74. The number of hydrogen-bond donors (Lipinski definition) is 2. The standard InChI is InChI=1S/C8H2F16O5S/c9-1(10,2(11,12)4(15,16)6(19,20)21)3(13,14)5(17,18)7(25,26)29-30(27,28)8(22,23)24/h25-26H. The van der Waals surface area contributed by atoms with Gasteiger partial charge in [0, 0.05) is 0 Å². The van der Waals surface area contributed by atoms with Crippen molar-refractivity contribution in [3.05, 3.63) is 0 Å². The van der Waals surface area contributed by atoms with Gasteiger partial charge < -0.3 is 10.2 Å². The fourth-order valence-corrected chi connectivity index (χ4v) is 1.73. The molecule has 0 bridgehead atoms. The monoisotopic (exact) mass is 514 g/mol. The zero-order valence-electron chi connectivity index (χ0n) is 12.6. The van der Waals surface area contributed by atoms with E-state index < -0.39 is 57.4 Å². The van der Waals surface area contributed by atoms with Crippen LogP contribution in [0.25, 0.3) is 0 Å². The Hall–Kier alpha value is -1.29. The van der Waals surface area contributed by atoms with E-state index in [0.717, 1.165) is 0 Å². The lowest BCUT2D eigenvalue weighted by atomic mass is 9.93. The summed E-state index contributed by atoms with van der Waals surface area (Å²) < 4.78 is 223. The Morgan fingerprint density at radius 1 is 0.500 bits per heavy atom. The molecule has 0 aromatic rings. The first kappa shape index (κ1) is 28.7. The first-order chi connectivity index (χ1) is 12.5. The molecule has 0 aliphatic rings. The molecule has 0 aliphatic heterocycles. The van der Waals surface area contributed by atoms with Gasteiger partial charge in [-0.2, -0.15) is 82.8 Å². The van der Waals surface area contributed by atoms with Gasteiger partial charge in [-0.25, -0.2) is 0 Å². The molecule has 30 heavy (non-hydrogen) atoms. The lowest BCUT2D eigenvalue weighted by molar-refractivity contribution is -0.486. The second-order valence-corrected chi connectivity index (χ2v) is 6.50. The van der Waals surface area contributed by atoms with Crippen LogP contribution >= 0.6 is 0 Å². The molecule has 22 heteroatoms. The van der Waals surface area contributed by atoms with Crippen molar-refractivity contribution >= 4 is 10.1 Å². The van der Waals surface area contributed by atoms with Crippen LogP contribution in [0.5, 0.6) is 0 Å². The van der Waals surface area contributed by atoms with Gasteiger partial charge in [0.15, 0.2) is 0 Å². The first-order valence-electron chi connectivity index (χ1n) is 5.88. The molecule has 0 aromatic heterocycles. The van der Waals surface area contributed by atoms with Gasteiger partial charge in [0.25, 0.3) is 0 Å². The van der Waals surface area contributed by atoms with Gasteiger partial charge >= 0.3 is 57.4 Å². The minimum atomic E-state index is -8.63. The van der Waals surface area contributed by atoms with Crippen molar-refractivity contribution in [1.82, 2.24) is 0 Å². The van der Waals surface area contributed by atoms with E-state index in [-0.39, 0.29) is 0 Å². The molecule has 2 N–H and O–H groups in total. The zero-order chi connectivity index (χ0) is 25.2. The van der Waals surface area contributed by atoms with E-state index in [4.69, 9.17) is 10.2 Å². The lowest BCUT2D eigenvalue weighted by Gasteiger charge is -2.42.